The second-order valence-electron chi connectivity index (χ2n) is 5.40. The average molecular weight is 349 g/mol. The van der Waals surface area contributed by atoms with Crippen molar-refractivity contribution in [1.82, 2.24) is 10.3 Å². The Hall–Kier alpha value is -1.42. The maximum atomic E-state index is 12.5. The summed E-state index contributed by atoms with van der Waals surface area (Å²) in [6, 6.07) is 9.45. The van der Waals surface area contributed by atoms with Gasteiger partial charge in [0.25, 0.3) is 5.91 Å². The molecule has 1 amide bonds. The maximum Gasteiger partial charge on any atom is 0.251 e. The van der Waals surface area contributed by atoms with Crippen molar-refractivity contribution in [2.24, 2.45) is 5.41 Å². The van der Waals surface area contributed by atoms with Crippen LogP contribution in [-0.2, 0) is 0 Å². The molecule has 1 aromatic heterocycles. The summed E-state index contributed by atoms with van der Waals surface area (Å²) in [6.07, 6.45) is 3.81. The Morgan fingerprint density at radius 1 is 1.24 bits per heavy atom. The summed E-state index contributed by atoms with van der Waals surface area (Å²) in [5.74, 6) is -0.0270. The third-order valence-corrected chi connectivity index (χ3v) is 5.49. The Balaban J connectivity index is 2.20. The number of nitrogens with one attached hydrogen (secondary N) is 1. The molecular formula is C17H21BrN2O. The van der Waals surface area contributed by atoms with Gasteiger partial charge in [0, 0.05) is 29.0 Å². The molecule has 0 aliphatic rings. The van der Waals surface area contributed by atoms with E-state index in [1.165, 1.54) is 0 Å². The molecule has 0 saturated heterocycles. The van der Waals surface area contributed by atoms with E-state index in [1.807, 2.05) is 30.3 Å². The van der Waals surface area contributed by atoms with Gasteiger partial charge in [0.15, 0.2) is 0 Å². The van der Waals surface area contributed by atoms with Crippen molar-refractivity contribution >= 4 is 32.7 Å². The lowest BCUT2D eigenvalue weighted by atomic mass is 9.84. The highest BCUT2D eigenvalue weighted by atomic mass is 79.9. The zero-order valence-corrected chi connectivity index (χ0v) is 14.1. The normalized spacial score (nSPS) is 11.6. The molecule has 0 bridgehead atoms. The van der Waals surface area contributed by atoms with Gasteiger partial charge in [-0.3, -0.25) is 9.78 Å². The number of fused-ring (bicyclic) bond motifs is 1. The molecular weight excluding hydrogens is 328 g/mol. The first-order chi connectivity index (χ1) is 10.2. The first-order valence-electron chi connectivity index (χ1n) is 7.33. The number of rotatable bonds is 6. The molecule has 0 aliphatic heterocycles. The van der Waals surface area contributed by atoms with E-state index >= 15 is 0 Å². The van der Waals surface area contributed by atoms with Crippen LogP contribution in [0.3, 0.4) is 0 Å². The van der Waals surface area contributed by atoms with Crippen LogP contribution < -0.4 is 5.32 Å². The number of aromatic nitrogens is 1. The Morgan fingerprint density at radius 2 is 2.00 bits per heavy atom. The molecule has 2 rings (SSSR count). The number of amides is 1. The topological polar surface area (TPSA) is 42.0 Å². The van der Waals surface area contributed by atoms with Crippen molar-refractivity contribution in [3.05, 3.63) is 42.1 Å². The quantitative estimate of drug-likeness (QED) is 0.796. The van der Waals surface area contributed by atoms with Crippen LogP contribution in [0.1, 0.15) is 37.0 Å². The van der Waals surface area contributed by atoms with Crippen LogP contribution in [0.2, 0.25) is 0 Å². The van der Waals surface area contributed by atoms with Crippen molar-refractivity contribution in [3.63, 3.8) is 0 Å². The van der Waals surface area contributed by atoms with Crippen molar-refractivity contribution in [2.75, 3.05) is 11.9 Å². The predicted molar refractivity (Wildman–Crippen MR) is 90.9 cm³/mol. The molecule has 3 nitrogen and oxygen atoms in total. The molecule has 0 spiro atoms. The van der Waals surface area contributed by atoms with Gasteiger partial charge < -0.3 is 5.32 Å². The molecule has 1 N–H and O–H groups in total. The van der Waals surface area contributed by atoms with Gasteiger partial charge in [-0.15, -0.1) is 0 Å². The van der Waals surface area contributed by atoms with Gasteiger partial charge in [0.1, 0.15) is 0 Å². The fraction of sp³-hybridized carbons (Fsp3) is 0.412. The molecule has 0 saturated carbocycles. The highest BCUT2D eigenvalue weighted by Gasteiger charge is 2.25. The maximum absolute atomic E-state index is 12.5. The van der Waals surface area contributed by atoms with Crippen LogP contribution in [-0.4, -0.2) is 22.8 Å². The van der Waals surface area contributed by atoms with Gasteiger partial charge in [-0.1, -0.05) is 41.9 Å². The predicted octanol–water partition coefficient (Wildman–Crippen LogP) is 4.17. The van der Waals surface area contributed by atoms with Crippen molar-refractivity contribution < 1.29 is 4.79 Å². The molecule has 21 heavy (non-hydrogen) atoms. The summed E-state index contributed by atoms with van der Waals surface area (Å²) in [4.78, 5) is 16.8. The van der Waals surface area contributed by atoms with Crippen LogP contribution in [0.4, 0.5) is 0 Å². The number of nitrogens with zero attached hydrogens (tertiary/aromatic N) is 1. The lowest BCUT2D eigenvalue weighted by Gasteiger charge is -2.29. The molecule has 1 aromatic carbocycles. The number of hydrogen-bond donors (Lipinski definition) is 1. The van der Waals surface area contributed by atoms with Crippen LogP contribution in [0.5, 0.6) is 0 Å². The average Bonchev–Trinajstić information content (AvgIpc) is 2.56. The third kappa shape index (κ3) is 3.43. The Morgan fingerprint density at radius 3 is 2.67 bits per heavy atom. The standard InChI is InChI=1S/C17H21BrN2O/c1-3-17(4-2,11-18)12-20-16(21)14-7-5-9-15-13(14)8-6-10-19-15/h5-10H,3-4,11-12H2,1-2H3,(H,20,21). The second-order valence-corrected chi connectivity index (χ2v) is 5.96. The number of halogens is 1. The molecule has 112 valence electrons. The molecule has 0 atom stereocenters. The third-order valence-electron chi connectivity index (χ3n) is 4.30. The Bertz CT molecular complexity index is 609. The number of alkyl halides is 1. The SMILES string of the molecule is CCC(CC)(CBr)CNC(=O)c1cccc2ncccc12. The highest BCUT2D eigenvalue weighted by Crippen LogP contribution is 2.28. The number of carbonyl (C=O) groups is 1. The molecule has 0 aliphatic carbocycles. The zero-order valence-electron chi connectivity index (χ0n) is 12.5. The molecule has 1 heterocycles. The second kappa shape index (κ2) is 7.03. The fourth-order valence-corrected chi connectivity index (χ4v) is 3.39. The summed E-state index contributed by atoms with van der Waals surface area (Å²) >= 11 is 3.58. The van der Waals surface area contributed by atoms with Gasteiger partial charge in [-0.25, -0.2) is 0 Å². The van der Waals surface area contributed by atoms with Crippen molar-refractivity contribution in [3.8, 4) is 0 Å². The Kier molecular flexibility index (Phi) is 5.34. The largest absolute Gasteiger partial charge is 0.351 e. The van der Waals surface area contributed by atoms with E-state index in [0.717, 1.165) is 29.1 Å². The summed E-state index contributed by atoms with van der Waals surface area (Å²) in [7, 11) is 0. The lowest BCUT2D eigenvalue weighted by Crippen LogP contribution is -2.38. The van der Waals surface area contributed by atoms with E-state index in [-0.39, 0.29) is 11.3 Å². The van der Waals surface area contributed by atoms with E-state index < -0.39 is 0 Å². The highest BCUT2D eigenvalue weighted by molar-refractivity contribution is 9.09. The first-order valence-corrected chi connectivity index (χ1v) is 8.46. The molecule has 4 heteroatoms. The van der Waals surface area contributed by atoms with Gasteiger partial charge >= 0.3 is 0 Å². The monoisotopic (exact) mass is 348 g/mol. The Labute approximate surface area is 134 Å². The summed E-state index contributed by atoms with van der Waals surface area (Å²) in [5, 5.41) is 4.88. The number of pyridine rings is 1. The summed E-state index contributed by atoms with van der Waals surface area (Å²) in [5.41, 5.74) is 1.66. The van der Waals surface area contributed by atoms with Gasteiger partial charge in [-0.2, -0.15) is 0 Å². The minimum absolute atomic E-state index is 0.0270. The van der Waals surface area contributed by atoms with E-state index in [2.05, 4.69) is 40.1 Å². The van der Waals surface area contributed by atoms with Crippen LogP contribution >= 0.6 is 15.9 Å². The smallest absolute Gasteiger partial charge is 0.251 e. The summed E-state index contributed by atoms with van der Waals surface area (Å²) < 4.78 is 0. The molecule has 0 fully saturated rings. The lowest BCUT2D eigenvalue weighted by molar-refractivity contribution is 0.0934. The van der Waals surface area contributed by atoms with E-state index in [4.69, 9.17) is 0 Å². The van der Waals surface area contributed by atoms with Crippen LogP contribution in [0.15, 0.2) is 36.5 Å². The zero-order chi connectivity index (χ0) is 15.3. The van der Waals surface area contributed by atoms with Gasteiger partial charge in [-0.05, 0) is 36.5 Å². The van der Waals surface area contributed by atoms with Crippen LogP contribution in [0, 0.1) is 5.41 Å². The fourth-order valence-electron chi connectivity index (χ4n) is 2.40. The van der Waals surface area contributed by atoms with E-state index in [9.17, 15) is 4.79 Å². The van der Waals surface area contributed by atoms with Gasteiger partial charge in [0.2, 0.25) is 0 Å². The van der Waals surface area contributed by atoms with E-state index in [0.29, 0.717) is 12.1 Å². The van der Waals surface area contributed by atoms with Crippen LogP contribution in [0.25, 0.3) is 10.9 Å². The molecule has 2 aromatic rings. The number of hydrogen-bond acceptors (Lipinski definition) is 2. The first kappa shape index (κ1) is 16.0. The minimum Gasteiger partial charge on any atom is -0.351 e. The number of carbonyl (C=O) groups excluding carboxylic acids is 1. The summed E-state index contributed by atoms with van der Waals surface area (Å²) in [6.45, 7) is 5.01. The molecule has 0 radical (unpaired) electrons. The number of benzene rings is 1. The minimum atomic E-state index is -0.0270. The van der Waals surface area contributed by atoms with Crippen molar-refractivity contribution in [1.29, 1.82) is 0 Å². The van der Waals surface area contributed by atoms with Gasteiger partial charge in [0.05, 0.1) is 5.52 Å². The molecule has 0 unspecified atom stereocenters. The van der Waals surface area contributed by atoms with Crippen molar-refractivity contribution in [2.45, 2.75) is 26.7 Å². The van der Waals surface area contributed by atoms with E-state index in [1.54, 1.807) is 6.20 Å².